The van der Waals surface area contributed by atoms with Gasteiger partial charge in [-0.15, -0.1) is 0 Å². The fourth-order valence-electron chi connectivity index (χ4n) is 4.30. The van der Waals surface area contributed by atoms with E-state index in [0.717, 1.165) is 6.07 Å². The van der Waals surface area contributed by atoms with Crippen LogP contribution in [0.25, 0.3) is 44.1 Å². The van der Waals surface area contributed by atoms with E-state index in [-0.39, 0.29) is 16.3 Å². The third kappa shape index (κ3) is 3.73. The van der Waals surface area contributed by atoms with E-state index in [1.54, 1.807) is 29.9 Å². The highest BCUT2D eigenvalue weighted by Gasteiger charge is 2.20. The maximum Gasteiger partial charge on any atom is 0.341 e. The van der Waals surface area contributed by atoms with Crippen LogP contribution in [0.3, 0.4) is 0 Å². The Morgan fingerprint density at radius 1 is 1.14 bits per heavy atom. The van der Waals surface area contributed by atoms with Crippen LogP contribution >= 0.6 is 0 Å². The number of rotatable bonds is 6. The largest absolute Gasteiger partial charge is 0.477 e. The second kappa shape index (κ2) is 8.68. The van der Waals surface area contributed by atoms with Crippen molar-refractivity contribution in [1.29, 1.82) is 0 Å². The second-order valence-corrected chi connectivity index (χ2v) is 8.73. The topological polar surface area (TPSA) is 116 Å². The maximum absolute atomic E-state index is 14.8. The first kappa shape index (κ1) is 23.4. The van der Waals surface area contributed by atoms with E-state index in [2.05, 4.69) is 20.3 Å². The van der Waals surface area contributed by atoms with Gasteiger partial charge in [0.05, 0.1) is 16.6 Å². The molecule has 0 fully saturated rings. The first-order chi connectivity index (χ1) is 17.2. The zero-order valence-corrected chi connectivity index (χ0v) is 19.7. The lowest BCUT2D eigenvalue weighted by molar-refractivity contribution is 0.0694. The minimum atomic E-state index is -1.33. The summed E-state index contributed by atoms with van der Waals surface area (Å²) in [6, 6.07) is 4.26. The number of carboxylic acid groups (broad SMARTS) is 1. The van der Waals surface area contributed by atoms with Crippen LogP contribution in [0.15, 0.2) is 41.6 Å². The number of benzene rings is 1. The molecular weight excluding hydrogens is 470 g/mol. The first-order valence-electron chi connectivity index (χ1n) is 11.1. The molecule has 9 nitrogen and oxygen atoms in total. The van der Waals surface area contributed by atoms with Gasteiger partial charge in [-0.2, -0.15) is 0 Å². The number of likely N-dealkylation sites (N-methyl/N-ethyl adjacent to an activating group) is 1. The van der Waals surface area contributed by atoms with Crippen molar-refractivity contribution >= 4 is 44.6 Å². The van der Waals surface area contributed by atoms with Crippen LogP contribution in [0, 0.1) is 11.6 Å². The van der Waals surface area contributed by atoms with Crippen LogP contribution in [0.2, 0.25) is 0 Å². The van der Waals surface area contributed by atoms with Crippen LogP contribution in [0.5, 0.6) is 0 Å². The summed E-state index contributed by atoms with van der Waals surface area (Å²) < 4.78 is 30.7. The lowest BCUT2D eigenvalue weighted by Crippen LogP contribution is -2.23. The number of pyridine rings is 3. The zero-order chi connectivity index (χ0) is 25.7. The molecule has 5 rings (SSSR count). The van der Waals surface area contributed by atoms with Gasteiger partial charge in [0, 0.05) is 66.7 Å². The molecule has 0 unspecified atom stereocenters. The maximum atomic E-state index is 14.8. The number of aromatic carboxylic acids is 1. The summed E-state index contributed by atoms with van der Waals surface area (Å²) in [5.74, 6) is -3.32. The summed E-state index contributed by atoms with van der Waals surface area (Å²) >= 11 is 0. The molecule has 0 radical (unpaired) electrons. The lowest BCUT2D eigenvalue weighted by Gasteiger charge is -2.15. The Bertz CT molecular complexity index is 1740. The molecule has 184 valence electrons. The minimum Gasteiger partial charge on any atom is -0.477 e. The molecule has 0 saturated carbocycles. The summed E-state index contributed by atoms with van der Waals surface area (Å²) in [6.07, 6.45) is 4.38. The third-order valence-electron chi connectivity index (χ3n) is 6.15. The number of halogens is 2. The SMILES string of the molecule is CNc1cc(F)c(F)c2c1[nH]c1ncc(-c3cnc4c(c3)c(=O)c(C(=O)O)cn4CCN(C)C)cc12. The Hall–Kier alpha value is -4.38. The predicted molar refractivity (Wildman–Crippen MR) is 134 cm³/mol. The average molecular weight is 492 g/mol. The van der Waals surface area contributed by atoms with Crippen molar-refractivity contribution in [2.45, 2.75) is 6.54 Å². The molecule has 1 aromatic carbocycles. The summed E-state index contributed by atoms with van der Waals surface area (Å²) in [7, 11) is 5.38. The highest BCUT2D eigenvalue weighted by atomic mass is 19.2. The van der Waals surface area contributed by atoms with Crippen molar-refractivity contribution in [1.82, 2.24) is 24.4 Å². The van der Waals surface area contributed by atoms with Crippen LogP contribution in [-0.4, -0.2) is 63.2 Å². The number of carbonyl (C=O) groups is 1. The molecular formula is C25H22F2N6O3. The Morgan fingerprint density at radius 2 is 1.83 bits per heavy atom. The van der Waals surface area contributed by atoms with Gasteiger partial charge >= 0.3 is 5.97 Å². The van der Waals surface area contributed by atoms with Crippen molar-refractivity contribution in [2.24, 2.45) is 0 Å². The van der Waals surface area contributed by atoms with Crippen molar-refractivity contribution in [3.8, 4) is 11.1 Å². The van der Waals surface area contributed by atoms with Crippen LogP contribution < -0.4 is 10.7 Å². The fraction of sp³-hybridized carbons (Fsp3) is 0.200. The van der Waals surface area contributed by atoms with Crippen LogP contribution in [0.4, 0.5) is 14.5 Å². The summed E-state index contributed by atoms with van der Waals surface area (Å²) in [4.78, 5) is 38.5. The van der Waals surface area contributed by atoms with E-state index >= 15 is 0 Å². The summed E-state index contributed by atoms with van der Waals surface area (Å²) in [6.45, 7) is 1.04. The van der Waals surface area contributed by atoms with Gasteiger partial charge in [0.1, 0.15) is 16.9 Å². The Kier molecular flexibility index (Phi) is 5.64. The summed E-state index contributed by atoms with van der Waals surface area (Å²) in [5, 5.41) is 13.0. The van der Waals surface area contributed by atoms with E-state index < -0.39 is 23.0 Å². The second-order valence-electron chi connectivity index (χ2n) is 8.73. The van der Waals surface area contributed by atoms with Gasteiger partial charge in [-0.1, -0.05) is 0 Å². The van der Waals surface area contributed by atoms with E-state index in [1.807, 2.05) is 19.0 Å². The predicted octanol–water partition coefficient (Wildman–Crippen LogP) is 3.67. The van der Waals surface area contributed by atoms with Gasteiger partial charge in [-0.25, -0.2) is 23.5 Å². The van der Waals surface area contributed by atoms with E-state index in [0.29, 0.717) is 52.1 Å². The van der Waals surface area contributed by atoms with Gasteiger partial charge in [-0.3, -0.25) is 4.79 Å². The number of hydrogen-bond donors (Lipinski definition) is 3. The molecule has 0 aliphatic heterocycles. The molecule has 0 bridgehead atoms. The van der Waals surface area contributed by atoms with Crippen molar-refractivity contribution in [2.75, 3.05) is 33.0 Å². The zero-order valence-electron chi connectivity index (χ0n) is 19.7. The number of nitrogens with zero attached hydrogens (tertiary/aromatic N) is 4. The average Bonchev–Trinajstić information content (AvgIpc) is 3.24. The number of anilines is 1. The molecule has 0 aliphatic carbocycles. The number of aromatic amines is 1. The smallest absolute Gasteiger partial charge is 0.341 e. The third-order valence-corrected chi connectivity index (χ3v) is 6.15. The number of H-pyrrole nitrogens is 1. The van der Waals surface area contributed by atoms with E-state index in [4.69, 9.17) is 0 Å². The van der Waals surface area contributed by atoms with E-state index in [9.17, 15) is 23.5 Å². The number of fused-ring (bicyclic) bond motifs is 4. The van der Waals surface area contributed by atoms with E-state index in [1.165, 1.54) is 12.4 Å². The number of carboxylic acids is 1. The van der Waals surface area contributed by atoms with Gasteiger partial charge < -0.3 is 24.9 Å². The molecule has 36 heavy (non-hydrogen) atoms. The molecule has 0 amide bonds. The van der Waals surface area contributed by atoms with Crippen LogP contribution in [0.1, 0.15) is 10.4 Å². The van der Waals surface area contributed by atoms with Crippen molar-refractivity contribution in [3.63, 3.8) is 0 Å². The van der Waals surface area contributed by atoms with Gasteiger partial charge in [0.15, 0.2) is 11.6 Å². The number of nitrogens with one attached hydrogen (secondary N) is 2. The van der Waals surface area contributed by atoms with Crippen LogP contribution in [-0.2, 0) is 6.54 Å². The Balaban J connectivity index is 1.73. The molecule has 3 N–H and O–H groups in total. The molecule has 11 heteroatoms. The van der Waals surface area contributed by atoms with Crippen molar-refractivity contribution < 1.29 is 18.7 Å². The molecule has 0 spiro atoms. The summed E-state index contributed by atoms with van der Waals surface area (Å²) in [5.41, 5.74) is 1.45. The highest BCUT2D eigenvalue weighted by Crippen LogP contribution is 2.35. The standard InChI is InChI=1S/C25H22F2N6O3/c1-28-18-8-17(26)20(27)19-14-6-12(9-29-23(14)31-21(18)19)13-7-15-22(34)16(25(35)36)11-33(5-4-32(2)3)24(15)30-10-13/h6-11,28H,4-5H2,1-3H3,(H,29,31)(H,35,36). The molecule has 4 aromatic heterocycles. The molecule has 4 heterocycles. The van der Waals surface area contributed by atoms with Gasteiger partial charge in [0.2, 0.25) is 5.43 Å². The lowest BCUT2D eigenvalue weighted by atomic mass is 10.0. The monoisotopic (exact) mass is 492 g/mol. The normalized spacial score (nSPS) is 11.7. The molecule has 0 atom stereocenters. The Labute approximate surface area is 203 Å². The fourth-order valence-corrected chi connectivity index (χ4v) is 4.30. The molecule has 0 aliphatic rings. The quantitative estimate of drug-likeness (QED) is 0.331. The minimum absolute atomic E-state index is 0.0525. The number of hydrogen-bond acceptors (Lipinski definition) is 6. The van der Waals surface area contributed by atoms with Crippen molar-refractivity contribution in [3.05, 3.63) is 64.2 Å². The number of aromatic nitrogens is 4. The molecule has 5 aromatic rings. The van der Waals surface area contributed by atoms with Gasteiger partial charge in [-0.05, 0) is 26.2 Å². The Morgan fingerprint density at radius 3 is 2.50 bits per heavy atom. The highest BCUT2D eigenvalue weighted by molar-refractivity contribution is 6.11. The molecule has 0 saturated heterocycles. The van der Waals surface area contributed by atoms with Gasteiger partial charge in [0.25, 0.3) is 0 Å². The first-order valence-corrected chi connectivity index (χ1v) is 11.1.